The van der Waals surface area contributed by atoms with Crippen LogP contribution in [0.15, 0.2) is 16.7 Å². The molecule has 1 aliphatic rings. The lowest BCUT2D eigenvalue weighted by Gasteiger charge is -2.26. The second-order valence-electron chi connectivity index (χ2n) is 5.03. The Morgan fingerprint density at radius 2 is 2.41 bits per heavy atom. The van der Waals surface area contributed by atoms with E-state index >= 15 is 0 Å². The van der Waals surface area contributed by atoms with Crippen LogP contribution < -0.4 is 0 Å². The molecule has 17 heavy (non-hydrogen) atoms. The maximum absolute atomic E-state index is 10.8. The lowest BCUT2D eigenvalue weighted by atomic mass is 10.0. The number of furan rings is 1. The van der Waals surface area contributed by atoms with Gasteiger partial charge in [-0.15, -0.1) is 0 Å². The van der Waals surface area contributed by atoms with E-state index in [0.29, 0.717) is 12.0 Å². The highest BCUT2D eigenvalue weighted by atomic mass is 16.4. The van der Waals surface area contributed by atoms with Crippen LogP contribution in [0, 0.1) is 5.92 Å². The minimum atomic E-state index is -0.929. The van der Waals surface area contributed by atoms with Crippen LogP contribution in [0.5, 0.6) is 0 Å². The Labute approximate surface area is 101 Å². The number of carboxylic acids is 1. The molecule has 1 N–H and O–H groups in total. The highest BCUT2D eigenvalue weighted by molar-refractivity contribution is 5.87. The van der Waals surface area contributed by atoms with Gasteiger partial charge in [-0.1, -0.05) is 13.8 Å². The van der Waals surface area contributed by atoms with E-state index in [1.165, 1.54) is 19.1 Å². The molecule has 0 radical (unpaired) electrons. The van der Waals surface area contributed by atoms with Crippen molar-refractivity contribution < 1.29 is 14.3 Å². The number of hydrogen-bond donors (Lipinski definition) is 1. The molecule has 0 saturated carbocycles. The maximum atomic E-state index is 10.8. The van der Waals surface area contributed by atoms with E-state index in [-0.39, 0.29) is 5.56 Å². The minimum absolute atomic E-state index is 0.236. The topological polar surface area (TPSA) is 53.7 Å². The molecule has 1 saturated heterocycles. The Morgan fingerprint density at radius 1 is 1.65 bits per heavy atom. The summed E-state index contributed by atoms with van der Waals surface area (Å²) in [6, 6.07) is 2.21. The molecule has 1 aromatic heterocycles. The van der Waals surface area contributed by atoms with Crippen molar-refractivity contribution in [3.05, 3.63) is 23.7 Å². The first-order chi connectivity index (χ1) is 8.08. The predicted molar refractivity (Wildman–Crippen MR) is 63.9 cm³/mol. The van der Waals surface area contributed by atoms with Gasteiger partial charge in [0.15, 0.2) is 0 Å². The summed E-state index contributed by atoms with van der Waals surface area (Å²) in [5.74, 6) is 0.447. The zero-order chi connectivity index (χ0) is 12.4. The molecule has 1 fully saturated rings. The van der Waals surface area contributed by atoms with E-state index in [9.17, 15) is 4.79 Å². The lowest BCUT2D eigenvalue weighted by molar-refractivity contribution is 0.0696. The fraction of sp³-hybridized carbons (Fsp3) is 0.615. The van der Waals surface area contributed by atoms with E-state index in [4.69, 9.17) is 9.52 Å². The van der Waals surface area contributed by atoms with E-state index < -0.39 is 5.97 Å². The number of carbonyl (C=O) groups is 1. The smallest absolute Gasteiger partial charge is 0.338 e. The zero-order valence-electron chi connectivity index (χ0n) is 10.3. The maximum Gasteiger partial charge on any atom is 0.338 e. The van der Waals surface area contributed by atoms with Crippen molar-refractivity contribution in [1.29, 1.82) is 0 Å². The molecular formula is C13H19NO3. The second-order valence-corrected chi connectivity index (χ2v) is 5.03. The van der Waals surface area contributed by atoms with Crippen molar-refractivity contribution in [3.8, 4) is 0 Å². The van der Waals surface area contributed by atoms with Gasteiger partial charge in [-0.2, -0.15) is 0 Å². The number of likely N-dealkylation sites (tertiary alicyclic amines) is 1. The molecule has 4 heteroatoms. The van der Waals surface area contributed by atoms with Crippen LogP contribution in [-0.2, 0) is 6.54 Å². The van der Waals surface area contributed by atoms with Crippen LogP contribution in [0.1, 0.15) is 42.8 Å². The summed E-state index contributed by atoms with van der Waals surface area (Å²) in [7, 11) is 0. The molecule has 2 heterocycles. The molecule has 0 amide bonds. The largest absolute Gasteiger partial charge is 0.478 e. The van der Waals surface area contributed by atoms with Crippen molar-refractivity contribution in [2.75, 3.05) is 6.54 Å². The number of rotatable bonds is 4. The number of carboxylic acid groups (broad SMARTS) is 1. The Bertz CT molecular complexity index is 397. The summed E-state index contributed by atoms with van der Waals surface area (Å²) in [5.41, 5.74) is 0.236. The zero-order valence-corrected chi connectivity index (χ0v) is 10.3. The van der Waals surface area contributed by atoms with Gasteiger partial charge in [0, 0.05) is 6.04 Å². The molecule has 1 atom stereocenters. The van der Waals surface area contributed by atoms with Crippen LogP contribution in [-0.4, -0.2) is 28.6 Å². The summed E-state index contributed by atoms with van der Waals surface area (Å²) in [6.07, 6.45) is 3.76. The summed E-state index contributed by atoms with van der Waals surface area (Å²) in [6.45, 7) is 6.25. The molecule has 0 aromatic carbocycles. The fourth-order valence-electron chi connectivity index (χ4n) is 2.58. The van der Waals surface area contributed by atoms with Gasteiger partial charge in [0.2, 0.25) is 0 Å². The van der Waals surface area contributed by atoms with Gasteiger partial charge in [0.1, 0.15) is 12.0 Å². The molecule has 0 spiro atoms. The van der Waals surface area contributed by atoms with Crippen LogP contribution in [0.4, 0.5) is 0 Å². The highest BCUT2D eigenvalue weighted by Gasteiger charge is 2.27. The quantitative estimate of drug-likeness (QED) is 0.874. The molecule has 94 valence electrons. The summed E-state index contributed by atoms with van der Waals surface area (Å²) >= 11 is 0. The van der Waals surface area contributed by atoms with Crippen molar-refractivity contribution >= 4 is 5.97 Å². The monoisotopic (exact) mass is 237 g/mol. The van der Waals surface area contributed by atoms with Crippen LogP contribution in [0.25, 0.3) is 0 Å². The van der Waals surface area contributed by atoms with Crippen LogP contribution >= 0.6 is 0 Å². The summed E-state index contributed by atoms with van der Waals surface area (Å²) < 4.78 is 5.29. The first-order valence-electron chi connectivity index (χ1n) is 6.12. The van der Waals surface area contributed by atoms with E-state index in [2.05, 4.69) is 18.7 Å². The average molecular weight is 237 g/mol. The Hall–Kier alpha value is -1.29. The predicted octanol–water partition coefficient (Wildman–Crippen LogP) is 2.60. The molecule has 0 bridgehead atoms. The minimum Gasteiger partial charge on any atom is -0.478 e. The third kappa shape index (κ3) is 2.69. The normalized spacial score (nSPS) is 21.2. The molecule has 4 nitrogen and oxygen atoms in total. The van der Waals surface area contributed by atoms with Gasteiger partial charge in [-0.25, -0.2) is 4.79 Å². The number of aromatic carboxylic acids is 1. The van der Waals surface area contributed by atoms with Gasteiger partial charge in [0.25, 0.3) is 0 Å². The van der Waals surface area contributed by atoms with Crippen LogP contribution in [0.3, 0.4) is 0 Å². The van der Waals surface area contributed by atoms with Crippen molar-refractivity contribution in [2.24, 2.45) is 5.92 Å². The summed E-state index contributed by atoms with van der Waals surface area (Å²) in [5, 5.41) is 8.83. The van der Waals surface area contributed by atoms with Gasteiger partial charge in [0.05, 0.1) is 12.1 Å². The Kier molecular flexibility index (Phi) is 3.52. The van der Waals surface area contributed by atoms with Gasteiger partial charge < -0.3 is 9.52 Å². The molecule has 1 unspecified atom stereocenters. The lowest BCUT2D eigenvalue weighted by Crippen LogP contribution is -2.32. The Morgan fingerprint density at radius 3 is 3.00 bits per heavy atom. The van der Waals surface area contributed by atoms with Gasteiger partial charge in [-0.05, 0) is 31.4 Å². The van der Waals surface area contributed by atoms with Crippen molar-refractivity contribution in [3.63, 3.8) is 0 Å². The molecular weight excluding hydrogens is 218 g/mol. The van der Waals surface area contributed by atoms with Crippen LogP contribution in [0.2, 0.25) is 0 Å². The van der Waals surface area contributed by atoms with E-state index in [0.717, 1.165) is 18.8 Å². The number of nitrogens with zero attached hydrogens (tertiary/aromatic N) is 1. The first-order valence-corrected chi connectivity index (χ1v) is 6.12. The van der Waals surface area contributed by atoms with Crippen molar-refractivity contribution in [2.45, 2.75) is 39.3 Å². The molecule has 1 aliphatic heterocycles. The van der Waals surface area contributed by atoms with Crippen molar-refractivity contribution in [1.82, 2.24) is 4.90 Å². The number of hydrogen-bond acceptors (Lipinski definition) is 3. The fourth-order valence-corrected chi connectivity index (χ4v) is 2.58. The van der Waals surface area contributed by atoms with E-state index in [1.54, 1.807) is 6.07 Å². The third-order valence-corrected chi connectivity index (χ3v) is 3.44. The molecule has 2 rings (SSSR count). The molecule has 0 aliphatic carbocycles. The van der Waals surface area contributed by atoms with Gasteiger partial charge >= 0.3 is 5.97 Å². The third-order valence-electron chi connectivity index (χ3n) is 3.44. The first kappa shape index (κ1) is 12.2. The standard InChI is InChI=1S/C13H19NO3/c1-9(2)12-4-3-5-14(12)7-11-6-10(8-17-11)13(15)16/h6,8-9,12H,3-5,7H2,1-2H3,(H,15,16). The molecule has 1 aromatic rings. The summed E-state index contributed by atoms with van der Waals surface area (Å²) in [4.78, 5) is 13.1. The SMILES string of the molecule is CC(C)C1CCCN1Cc1cc(C(=O)O)co1. The van der Waals surface area contributed by atoms with E-state index in [1.807, 2.05) is 0 Å². The second kappa shape index (κ2) is 4.92. The Balaban J connectivity index is 2.02. The average Bonchev–Trinajstić information content (AvgIpc) is 2.86. The van der Waals surface area contributed by atoms with Gasteiger partial charge in [-0.3, -0.25) is 4.90 Å². The highest BCUT2D eigenvalue weighted by Crippen LogP contribution is 2.25.